The first kappa shape index (κ1) is 19.5. The minimum absolute atomic E-state index is 0.0225. The van der Waals surface area contributed by atoms with Gasteiger partial charge in [-0.1, -0.05) is 24.3 Å². The molecule has 4 heterocycles. The zero-order valence-corrected chi connectivity index (χ0v) is 17.9. The lowest BCUT2D eigenvalue weighted by Gasteiger charge is -2.08. The molecule has 0 unspecified atom stereocenters. The predicted octanol–water partition coefficient (Wildman–Crippen LogP) is 5.41. The Hall–Kier alpha value is -4.98. The zero-order valence-electron chi connectivity index (χ0n) is 17.9. The molecule has 8 nitrogen and oxygen atoms in total. The van der Waals surface area contributed by atoms with Crippen molar-refractivity contribution in [3.8, 4) is 39.7 Å². The van der Waals surface area contributed by atoms with Gasteiger partial charge in [-0.25, -0.2) is 9.59 Å². The van der Waals surface area contributed by atoms with Gasteiger partial charge >= 0.3 is 11.3 Å². The summed E-state index contributed by atoms with van der Waals surface area (Å²) in [5.74, 6) is 0.902. The number of rotatable bonds is 2. The van der Waals surface area contributed by atoms with Crippen LogP contribution in [0.3, 0.4) is 0 Å². The molecule has 0 radical (unpaired) electrons. The van der Waals surface area contributed by atoms with Crippen LogP contribution in [0.1, 0.15) is 0 Å². The van der Waals surface area contributed by atoms with Gasteiger partial charge in [0.15, 0.2) is 17.1 Å². The van der Waals surface area contributed by atoms with Gasteiger partial charge in [0.2, 0.25) is 6.79 Å². The van der Waals surface area contributed by atoms with Crippen molar-refractivity contribution >= 4 is 32.9 Å². The average Bonchev–Trinajstić information content (AvgIpc) is 3.49. The van der Waals surface area contributed by atoms with Crippen LogP contribution in [-0.2, 0) is 0 Å². The zero-order chi connectivity index (χ0) is 23.7. The molecule has 1 N–H and O–H groups in total. The summed E-state index contributed by atoms with van der Waals surface area (Å²) >= 11 is 0. The summed E-state index contributed by atoms with van der Waals surface area (Å²) in [7, 11) is 0. The number of hydrogen-bond acceptors (Lipinski definition) is 8. The highest BCUT2D eigenvalue weighted by Gasteiger charge is 2.29. The minimum Gasteiger partial charge on any atom is -0.506 e. The highest BCUT2D eigenvalue weighted by molar-refractivity contribution is 6.11. The van der Waals surface area contributed by atoms with Crippen molar-refractivity contribution < 1.29 is 27.8 Å². The fraction of sp³-hybridized carbons (Fsp3) is 0.0370. The summed E-state index contributed by atoms with van der Waals surface area (Å²) in [6.45, 7) is 0.0784. The molecule has 35 heavy (non-hydrogen) atoms. The number of ether oxygens (including phenoxy) is 2. The van der Waals surface area contributed by atoms with E-state index in [-0.39, 0.29) is 46.0 Å². The number of benzene rings is 3. The molecule has 1 aliphatic heterocycles. The molecule has 0 spiro atoms. The van der Waals surface area contributed by atoms with Gasteiger partial charge in [0, 0.05) is 5.56 Å². The molecule has 8 heteroatoms. The molecule has 0 saturated carbocycles. The fourth-order valence-electron chi connectivity index (χ4n) is 4.54. The summed E-state index contributed by atoms with van der Waals surface area (Å²) in [6, 6.07) is 18.6. The van der Waals surface area contributed by atoms with Crippen LogP contribution in [0.15, 0.2) is 89.6 Å². The van der Waals surface area contributed by atoms with E-state index in [1.807, 2.05) is 0 Å². The molecule has 3 aromatic heterocycles. The van der Waals surface area contributed by atoms with Crippen molar-refractivity contribution in [2.75, 3.05) is 6.79 Å². The molecule has 0 amide bonds. The molecule has 3 aromatic carbocycles. The van der Waals surface area contributed by atoms with Gasteiger partial charge in [-0.15, -0.1) is 0 Å². The number of para-hydroxylation sites is 2. The monoisotopic (exact) mass is 466 g/mol. The largest absolute Gasteiger partial charge is 0.506 e. The van der Waals surface area contributed by atoms with Gasteiger partial charge in [-0.3, -0.25) is 0 Å². The Labute approximate surface area is 195 Å². The Morgan fingerprint density at radius 1 is 0.686 bits per heavy atom. The second kappa shape index (κ2) is 7.01. The molecule has 0 aliphatic carbocycles. The predicted molar refractivity (Wildman–Crippen MR) is 127 cm³/mol. The highest BCUT2D eigenvalue weighted by atomic mass is 16.7. The first-order valence-corrected chi connectivity index (χ1v) is 10.7. The van der Waals surface area contributed by atoms with E-state index < -0.39 is 11.3 Å². The van der Waals surface area contributed by atoms with Gasteiger partial charge < -0.3 is 27.8 Å². The second-order valence-electron chi connectivity index (χ2n) is 8.07. The lowest BCUT2D eigenvalue weighted by molar-refractivity contribution is 0.174. The van der Waals surface area contributed by atoms with Crippen LogP contribution in [0.5, 0.6) is 17.2 Å². The Balaban J connectivity index is 1.67. The Morgan fingerprint density at radius 2 is 1.37 bits per heavy atom. The third kappa shape index (κ3) is 2.73. The normalized spacial score (nSPS) is 12.7. The first-order valence-electron chi connectivity index (χ1n) is 10.7. The summed E-state index contributed by atoms with van der Waals surface area (Å²) in [4.78, 5) is 26.4. The number of furan rings is 1. The van der Waals surface area contributed by atoms with E-state index in [2.05, 4.69) is 0 Å². The van der Waals surface area contributed by atoms with Crippen molar-refractivity contribution in [3.05, 3.63) is 87.6 Å². The summed E-state index contributed by atoms with van der Waals surface area (Å²) < 4.78 is 28.2. The lowest BCUT2D eigenvalue weighted by Crippen LogP contribution is -2.07. The average molecular weight is 466 g/mol. The molecule has 1 aliphatic rings. The molecule has 0 bridgehead atoms. The number of hydrogen-bond donors (Lipinski definition) is 1. The maximum absolute atomic E-state index is 13.2. The summed E-state index contributed by atoms with van der Waals surface area (Å²) in [5.41, 5.74) is -0.365. The quantitative estimate of drug-likeness (QED) is 0.337. The highest BCUT2D eigenvalue weighted by Crippen LogP contribution is 2.46. The van der Waals surface area contributed by atoms with E-state index in [9.17, 15) is 14.7 Å². The van der Waals surface area contributed by atoms with Crippen molar-refractivity contribution in [3.63, 3.8) is 0 Å². The van der Waals surface area contributed by atoms with Crippen molar-refractivity contribution in [1.82, 2.24) is 0 Å². The van der Waals surface area contributed by atoms with Crippen LogP contribution in [0.25, 0.3) is 55.4 Å². The van der Waals surface area contributed by atoms with Crippen LogP contribution < -0.4 is 20.7 Å². The third-order valence-electron chi connectivity index (χ3n) is 6.12. The lowest BCUT2D eigenvalue weighted by atomic mass is 9.98. The smallest absolute Gasteiger partial charge is 0.348 e. The van der Waals surface area contributed by atoms with E-state index in [1.54, 1.807) is 66.7 Å². The summed E-state index contributed by atoms with van der Waals surface area (Å²) in [5, 5.41) is 12.1. The number of aromatic hydroxyl groups is 1. The van der Waals surface area contributed by atoms with Crippen LogP contribution in [0.4, 0.5) is 0 Å². The molecule has 170 valence electrons. The second-order valence-corrected chi connectivity index (χ2v) is 8.07. The standard InChI is InChI=1S/C27H14O8/c28-23-14-5-1-3-7-16(14)33-26(29)21(23)20-22-25(15-6-2-4-8-17(15)34-27(22)30)35-24(20)13-9-10-18-19(11-13)32-12-31-18/h1-11,28H,12H2. The van der Waals surface area contributed by atoms with Crippen LogP contribution >= 0.6 is 0 Å². The molecule has 0 atom stereocenters. The molecule has 6 aromatic rings. The Kier molecular flexibility index (Phi) is 3.90. The first-order chi connectivity index (χ1) is 17.1. The third-order valence-corrected chi connectivity index (χ3v) is 6.12. The Bertz CT molecular complexity index is 1940. The van der Waals surface area contributed by atoms with Gasteiger partial charge in [0.1, 0.15) is 33.6 Å². The van der Waals surface area contributed by atoms with Gasteiger partial charge in [0.05, 0.1) is 16.3 Å². The van der Waals surface area contributed by atoms with E-state index in [1.165, 1.54) is 0 Å². The van der Waals surface area contributed by atoms with Crippen molar-refractivity contribution in [2.24, 2.45) is 0 Å². The van der Waals surface area contributed by atoms with Gasteiger partial charge in [-0.2, -0.15) is 0 Å². The number of fused-ring (bicyclic) bond motifs is 5. The maximum Gasteiger partial charge on any atom is 0.348 e. The van der Waals surface area contributed by atoms with Crippen molar-refractivity contribution in [2.45, 2.75) is 0 Å². The fourth-order valence-corrected chi connectivity index (χ4v) is 4.54. The SMILES string of the molecule is O=c1oc2ccccc2c(O)c1-c1c(-c2ccc3c(c2)OCO3)oc2c1c(=O)oc1ccccc12. The van der Waals surface area contributed by atoms with Crippen molar-refractivity contribution in [1.29, 1.82) is 0 Å². The van der Waals surface area contributed by atoms with Crippen LogP contribution in [0.2, 0.25) is 0 Å². The van der Waals surface area contributed by atoms with E-state index >= 15 is 0 Å². The topological polar surface area (TPSA) is 112 Å². The van der Waals surface area contributed by atoms with Crippen LogP contribution in [-0.4, -0.2) is 11.9 Å². The molecular formula is C27H14O8. The van der Waals surface area contributed by atoms with Crippen LogP contribution in [0, 0.1) is 0 Å². The van der Waals surface area contributed by atoms with E-state index in [4.69, 9.17) is 22.7 Å². The minimum atomic E-state index is -0.821. The van der Waals surface area contributed by atoms with Gasteiger partial charge in [-0.05, 0) is 42.5 Å². The van der Waals surface area contributed by atoms with E-state index in [0.717, 1.165) is 0 Å². The van der Waals surface area contributed by atoms with Gasteiger partial charge in [0.25, 0.3) is 0 Å². The summed E-state index contributed by atoms with van der Waals surface area (Å²) in [6.07, 6.45) is 0. The van der Waals surface area contributed by atoms with E-state index in [0.29, 0.717) is 33.4 Å². The molecule has 7 rings (SSSR count). The maximum atomic E-state index is 13.2. The molecule has 0 saturated heterocycles. The molecule has 0 fully saturated rings. The Morgan fingerprint density at radius 3 is 2.20 bits per heavy atom. The molecular weight excluding hydrogens is 452 g/mol.